The molecule has 2 saturated heterocycles. The van der Waals surface area contributed by atoms with Crippen molar-refractivity contribution in [1.82, 2.24) is 14.7 Å². The van der Waals surface area contributed by atoms with Gasteiger partial charge in [0, 0.05) is 31.5 Å². The molecule has 0 atom stereocenters. The molecule has 32 heavy (non-hydrogen) atoms. The van der Waals surface area contributed by atoms with Crippen LogP contribution in [0.15, 0.2) is 48.5 Å². The van der Waals surface area contributed by atoms with Crippen LogP contribution in [0.25, 0.3) is 16.9 Å². The molecule has 2 aromatic carbocycles. The third-order valence-electron chi connectivity index (χ3n) is 6.43. The molecule has 0 saturated carbocycles. The molecule has 2 fully saturated rings. The second-order valence-electron chi connectivity index (χ2n) is 8.50. The lowest BCUT2D eigenvalue weighted by molar-refractivity contribution is -0.181. The zero-order chi connectivity index (χ0) is 22.3. The Bertz CT molecular complexity index is 1140. The molecule has 2 aliphatic heterocycles. The highest BCUT2D eigenvalue weighted by Crippen LogP contribution is 2.32. The van der Waals surface area contributed by atoms with Gasteiger partial charge in [-0.25, -0.2) is 9.07 Å². The summed E-state index contributed by atoms with van der Waals surface area (Å²) in [4.78, 5) is 15.4. The number of hydrogen-bond acceptors (Lipinski definition) is 4. The molecule has 0 N–H and O–H groups in total. The Balaban J connectivity index is 1.49. The first-order valence-electron chi connectivity index (χ1n) is 10.9. The Hall–Kier alpha value is -3.03. The maximum Gasteiger partial charge on any atom is 0.272 e. The summed E-state index contributed by atoms with van der Waals surface area (Å²) in [5.74, 6) is -0.982. The number of amides is 1. The fourth-order valence-corrected chi connectivity index (χ4v) is 4.35. The van der Waals surface area contributed by atoms with E-state index in [-0.39, 0.29) is 11.7 Å². The third-order valence-corrected chi connectivity index (χ3v) is 6.43. The van der Waals surface area contributed by atoms with Gasteiger partial charge >= 0.3 is 0 Å². The molecule has 3 aromatic rings. The lowest BCUT2D eigenvalue weighted by Crippen LogP contribution is -2.47. The molecule has 5 rings (SSSR count). The number of aryl methyl sites for hydroxylation is 2. The molecule has 2 aliphatic rings. The molecule has 1 aromatic heterocycles. The van der Waals surface area contributed by atoms with E-state index in [9.17, 15) is 9.18 Å². The summed E-state index contributed by atoms with van der Waals surface area (Å²) in [5.41, 5.74) is 5.09. The molecule has 166 valence electrons. The van der Waals surface area contributed by atoms with Crippen molar-refractivity contribution in [2.75, 3.05) is 26.3 Å². The highest BCUT2D eigenvalue weighted by Gasteiger charge is 2.41. The first-order valence-corrected chi connectivity index (χ1v) is 10.9. The molecular formula is C25H26FN3O3. The molecule has 3 heterocycles. The van der Waals surface area contributed by atoms with Crippen molar-refractivity contribution in [3.05, 3.63) is 71.2 Å². The van der Waals surface area contributed by atoms with E-state index in [4.69, 9.17) is 14.6 Å². The number of nitrogens with zero attached hydrogens (tertiary/aromatic N) is 3. The molecule has 0 unspecified atom stereocenters. The summed E-state index contributed by atoms with van der Waals surface area (Å²) < 4.78 is 26.7. The minimum Gasteiger partial charge on any atom is -0.347 e. The lowest BCUT2D eigenvalue weighted by Gasteiger charge is -2.37. The molecule has 0 bridgehead atoms. The van der Waals surface area contributed by atoms with E-state index in [1.807, 2.05) is 17.0 Å². The third kappa shape index (κ3) is 3.82. The number of halogens is 1. The SMILES string of the molecule is Cc1ccc(-c2cc(C(=O)N3CCC4(CC3)OCCO4)n(-c3ccc(F)cc3)n2)cc1C. The summed E-state index contributed by atoms with van der Waals surface area (Å²) in [6, 6.07) is 14.0. The zero-order valence-electron chi connectivity index (χ0n) is 18.3. The van der Waals surface area contributed by atoms with Crippen molar-refractivity contribution in [2.24, 2.45) is 0 Å². The molecule has 0 radical (unpaired) electrons. The molecule has 0 aliphatic carbocycles. The Labute approximate surface area is 186 Å². The summed E-state index contributed by atoms with van der Waals surface area (Å²) >= 11 is 0. The molecule has 1 amide bonds. The minimum absolute atomic E-state index is 0.107. The van der Waals surface area contributed by atoms with Gasteiger partial charge in [0.1, 0.15) is 11.5 Å². The number of hydrogen-bond donors (Lipinski definition) is 0. The Morgan fingerprint density at radius 3 is 2.31 bits per heavy atom. The quantitative estimate of drug-likeness (QED) is 0.616. The van der Waals surface area contributed by atoms with Gasteiger partial charge in [-0.15, -0.1) is 0 Å². The van der Waals surface area contributed by atoms with Crippen molar-refractivity contribution >= 4 is 5.91 Å². The van der Waals surface area contributed by atoms with Gasteiger partial charge in [0.2, 0.25) is 0 Å². The maximum absolute atomic E-state index is 13.5. The van der Waals surface area contributed by atoms with Crippen molar-refractivity contribution in [2.45, 2.75) is 32.5 Å². The topological polar surface area (TPSA) is 56.6 Å². The number of carbonyl (C=O) groups is 1. The van der Waals surface area contributed by atoms with Crippen LogP contribution in [0, 0.1) is 19.7 Å². The zero-order valence-corrected chi connectivity index (χ0v) is 18.3. The number of carbonyl (C=O) groups excluding carboxylic acids is 1. The fraction of sp³-hybridized carbons (Fsp3) is 0.360. The largest absolute Gasteiger partial charge is 0.347 e. The van der Waals surface area contributed by atoms with E-state index in [0.29, 0.717) is 56.2 Å². The molecule has 6 nitrogen and oxygen atoms in total. The predicted molar refractivity (Wildman–Crippen MR) is 118 cm³/mol. The van der Waals surface area contributed by atoms with E-state index in [1.54, 1.807) is 16.8 Å². The molecule has 7 heteroatoms. The van der Waals surface area contributed by atoms with E-state index in [1.165, 1.54) is 17.7 Å². The van der Waals surface area contributed by atoms with Gasteiger partial charge < -0.3 is 14.4 Å². The lowest BCUT2D eigenvalue weighted by atomic mass is 10.0. The fourth-order valence-electron chi connectivity index (χ4n) is 4.35. The van der Waals surface area contributed by atoms with Crippen LogP contribution < -0.4 is 0 Å². The van der Waals surface area contributed by atoms with Crippen LogP contribution >= 0.6 is 0 Å². The average molecular weight is 435 g/mol. The molecular weight excluding hydrogens is 409 g/mol. The Morgan fingerprint density at radius 2 is 1.66 bits per heavy atom. The smallest absolute Gasteiger partial charge is 0.272 e. The highest BCUT2D eigenvalue weighted by molar-refractivity contribution is 5.94. The first kappa shape index (κ1) is 20.8. The van der Waals surface area contributed by atoms with Gasteiger partial charge in [-0.1, -0.05) is 12.1 Å². The second-order valence-corrected chi connectivity index (χ2v) is 8.50. The summed E-state index contributed by atoms with van der Waals surface area (Å²) in [5, 5.41) is 4.74. The van der Waals surface area contributed by atoms with E-state index in [2.05, 4.69) is 26.0 Å². The van der Waals surface area contributed by atoms with E-state index < -0.39 is 5.79 Å². The first-order chi connectivity index (χ1) is 15.4. The van der Waals surface area contributed by atoms with Crippen LogP contribution in [0.1, 0.15) is 34.5 Å². The number of benzene rings is 2. The van der Waals surface area contributed by atoms with Crippen LogP contribution in [0.4, 0.5) is 4.39 Å². The second kappa shape index (κ2) is 8.15. The van der Waals surface area contributed by atoms with Crippen molar-refractivity contribution in [3.63, 3.8) is 0 Å². The highest BCUT2D eigenvalue weighted by atomic mass is 19.1. The van der Waals surface area contributed by atoms with E-state index in [0.717, 1.165) is 11.1 Å². The van der Waals surface area contributed by atoms with Crippen LogP contribution in [-0.4, -0.2) is 52.7 Å². The normalized spacial score (nSPS) is 17.8. The van der Waals surface area contributed by atoms with Crippen molar-refractivity contribution in [3.8, 4) is 16.9 Å². The van der Waals surface area contributed by atoms with Crippen molar-refractivity contribution < 1.29 is 18.7 Å². The van der Waals surface area contributed by atoms with Gasteiger partial charge in [-0.2, -0.15) is 5.10 Å². The Morgan fingerprint density at radius 1 is 0.969 bits per heavy atom. The average Bonchev–Trinajstić information content (AvgIpc) is 3.44. The number of rotatable bonds is 3. The monoisotopic (exact) mass is 435 g/mol. The van der Waals surface area contributed by atoms with E-state index >= 15 is 0 Å². The van der Waals surface area contributed by atoms with Gasteiger partial charge in [-0.3, -0.25) is 4.79 Å². The predicted octanol–water partition coefficient (Wildman–Crippen LogP) is 4.27. The Kier molecular flexibility index (Phi) is 5.31. The van der Waals surface area contributed by atoms with Crippen LogP contribution in [-0.2, 0) is 9.47 Å². The van der Waals surface area contributed by atoms with Gasteiger partial charge in [-0.05, 0) is 61.4 Å². The number of piperidine rings is 1. The number of aromatic nitrogens is 2. The van der Waals surface area contributed by atoms with Gasteiger partial charge in [0.15, 0.2) is 5.79 Å². The minimum atomic E-state index is -0.543. The summed E-state index contributed by atoms with van der Waals surface area (Å²) in [6.45, 7) is 6.42. The van der Waals surface area contributed by atoms with Gasteiger partial charge in [0.25, 0.3) is 5.91 Å². The maximum atomic E-state index is 13.5. The van der Waals surface area contributed by atoms with Crippen LogP contribution in [0.5, 0.6) is 0 Å². The van der Waals surface area contributed by atoms with Crippen molar-refractivity contribution in [1.29, 1.82) is 0 Å². The van der Waals surface area contributed by atoms with Crippen LogP contribution in [0.3, 0.4) is 0 Å². The van der Waals surface area contributed by atoms with Crippen LogP contribution in [0.2, 0.25) is 0 Å². The molecule has 1 spiro atoms. The number of likely N-dealkylation sites (tertiary alicyclic amines) is 1. The summed E-state index contributed by atoms with van der Waals surface area (Å²) in [6.07, 6.45) is 1.29. The van der Waals surface area contributed by atoms with Gasteiger partial charge in [0.05, 0.1) is 24.6 Å². The number of ether oxygens (including phenoxy) is 2. The standard InChI is InChI=1S/C25H26FN3O3/c1-17-3-4-19(15-18(17)2)22-16-23(29(27-22)21-7-5-20(26)6-8-21)24(30)28-11-9-25(10-12-28)31-13-14-32-25/h3-8,15-16H,9-14H2,1-2H3. The summed E-state index contributed by atoms with van der Waals surface area (Å²) in [7, 11) is 0.